The Morgan fingerprint density at radius 2 is 1.84 bits per heavy atom. The quantitative estimate of drug-likeness (QED) is 0.475. The van der Waals surface area contributed by atoms with Crippen molar-refractivity contribution in [2.45, 2.75) is 12.8 Å². The number of nitro groups is 1. The number of nitrogens with zero attached hydrogens (tertiary/aromatic N) is 1. The lowest BCUT2D eigenvalue weighted by Gasteiger charge is -2.07. The van der Waals surface area contributed by atoms with E-state index in [4.69, 9.17) is 5.11 Å². The van der Waals surface area contributed by atoms with Crippen LogP contribution in [-0.4, -0.2) is 23.2 Å². The molecule has 0 aliphatic heterocycles. The Balaban J connectivity index is 2.12. The summed E-state index contributed by atoms with van der Waals surface area (Å²) in [6, 6.07) is 10.6. The van der Waals surface area contributed by atoms with Crippen molar-refractivity contribution in [3.8, 4) is 0 Å². The smallest absolute Gasteiger partial charge is 0.270 e. The van der Waals surface area contributed by atoms with Gasteiger partial charge in [-0.1, -0.05) is 6.07 Å². The molecular formula is C14H16N2O3. The van der Waals surface area contributed by atoms with Crippen LogP contribution >= 0.6 is 0 Å². The lowest BCUT2D eigenvalue weighted by atomic mass is 10.1. The zero-order chi connectivity index (χ0) is 13.7. The van der Waals surface area contributed by atoms with Crippen molar-refractivity contribution < 1.29 is 10.0 Å². The molecule has 0 saturated carbocycles. The lowest BCUT2D eigenvalue weighted by Crippen LogP contribution is -2.02. The number of fused-ring (bicyclic) bond motifs is 1. The van der Waals surface area contributed by atoms with E-state index in [9.17, 15) is 10.1 Å². The van der Waals surface area contributed by atoms with Crippen LogP contribution in [0.2, 0.25) is 0 Å². The fourth-order valence-corrected chi connectivity index (χ4v) is 1.93. The first kappa shape index (κ1) is 13.3. The number of hydrogen-bond donors (Lipinski definition) is 2. The van der Waals surface area contributed by atoms with Gasteiger partial charge in [-0.05, 0) is 41.8 Å². The Labute approximate surface area is 111 Å². The van der Waals surface area contributed by atoms with Crippen LogP contribution in [0.25, 0.3) is 10.8 Å². The van der Waals surface area contributed by atoms with Crippen molar-refractivity contribution in [2.75, 3.05) is 18.5 Å². The molecule has 0 spiro atoms. The monoisotopic (exact) mass is 260 g/mol. The molecule has 0 amide bonds. The maximum atomic E-state index is 10.7. The Kier molecular flexibility index (Phi) is 4.30. The van der Waals surface area contributed by atoms with Gasteiger partial charge in [0.2, 0.25) is 0 Å². The molecule has 0 radical (unpaired) electrons. The minimum absolute atomic E-state index is 0.108. The highest BCUT2D eigenvalue weighted by molar-refractivity contribution is 5.87. The van der Waals surface area contributed by atoms with E-state index in [2.05, 4.69) is 5.32 Å². The largest absolute Gasteiger partial charge is 0.396 e. The number of anilines is 1. The number of non-ortho nitro benzene ring substituents is 1. The van der Waals surface area contributed by atoms with E-state index in [1.807, 2.05) is 18.2 Å². The van der Waals surface area contributed by atoms with Gasteiger partial charge in [-0.15, -0.1) is 0 Å². The molecule has 5 nitrogen and oxygen atoms in total. The van der Waals surface area contributed by atoms with E-state index >= 15 is 0 Å². The van der Waals surface area contributed by atoms with E-state index in [1.54, 1.807) is 12.1 Å². The van der Waals surface area contributed by atoms with Gasteiger partial charge < -0.3 is 10.4 Å². The van der Waals surface area contributed by atoms with Crippen molar-refractivity contribution in [2.24, 2.45) is 0 Å². The van der Waals surface area contributed by atoms with Crippen LogP contribution in [0.1, 0.15) is 12.8 Å². The van der Waals surface area contributed by atoms with Gasteiger partial charge in [-0.3, -0.25) is 10.1 Å². The fourth-order valence-electron chi connectivity index (χ4n) is 1.93. The highest BCUT2D eigenvalue weighted by Gasteiger charge is 2.06. The highest BCUT2D eigenvalue weighted by atomic mass is 16.6. The predicted octanol–water partition coefficient (Wildman–Crippen LogP) is 2.93. The molecule has 0 aliphatic rings. The van der Waals surface area contributed by atoms with Crippen LogP contribution in [0.15, 0.2) is 36.4 Å². The van der Waals surface area contributed by atoms with Gasteiger partial charge in [0.05, 0.1) is 4.92 Å². The number of nitrogens with one attached hydrogen (secondary N) is 1. The molecule has 0 saturated heterocycles. The molecule has 0 atom stereocenters. The molecule has 0 bridgehead atoms. The first-order valence-electron chi connectivity index (χ1n) is 6.23. The molecule has 0 aromatic heterocycles. The van der Waals surface area contributed by atoms with Crippen LogP contribution in [0, 0.1) is 10.1 Å². The molecular weight excluding hydrogens is 244 g/mol. The van der Waals surface area contributed by atoms with Crippen molar-refractivity contribution >= 4 is 22.1 Å². The predicted molar refractivity (Wildman–Crippen MR) is 75.4 cm³/mol. The molecule has 0 fully saturated rings. The molecule has 2 N–H and O–H groups in total. The number of aliphatic hydroxyl groups is 1. The Morgan fingerprint density at radius 1 is 1.11 bits per heavy atom. The number of unbranched alkanes of at least 4 members (excludes halogenated alkanes) is 1. The second kappa shape index (κ2) is 6.15. The Morgan fingerprint density at radius 3 is 2.58 bits per heavy atom. The maximum absolute atomic E-state index is 10.7. The topological polar surface area (TPSA) is 75.4 Å². The van der Waals surface area contributed by atoms with Gasteiger partial charge >= 0.3 is 0 Å². The second-order valence-electron chi connectivity index (χ2n) is 4.36. The number of hydrogen-bond acceptors (Lipinski definition) is 4. The normalized spacial score (nSPS) is 10.6. The van der Waals surface area contributed by atoms with Crippen LogP contribution in [0.3, 0.4) is 0 Å². The highest BCUT2D eigenvalue weighted by Crippen LogP contribution is 2.23. The molecule has 19 heavy (non-hydrogen) atoms. The maximum Gasteiger partial charge on any atom is 0.270 e. The standard InChI is InChI=1S/C14H16N2O3/c17-8-2-1-7-15-13-5-3-12-10-14(16(18)19)6-4-11(12)9-13/h3-6,9-10,15,17H,1-2,7-8H2. The van der Waals surface area contributed by atoms with Crippen LogP contribution in [0.4, 0.5) is 11.4 Å². The molecule has 5 heteroatoms. The molecule has 2 aromatic carbocycles. The second-order valence-corrected chi connectivity index (χ2v) is 4.36. The van der Waals surface area contributed by atoms with Gasteiger partial charge in [0.15, 0.2) is 0 Å². The lowest BCUT2D eigenvalue weighted by molar-refractivity contribution is -0.384. The van der Waals surface area contributed by atoms with Gasteiger partial charge in [0, 0.05) is 31.0 Å². The zero-order valence-electron chi connectivity index (χ0n) is 10.5. The van der Waals surface area contributed by atoms with Crippen molar-refractivity contribution in [1.29, 1.82) is 0 Å². The third-order valence-electron chi connectivity index (χ3n) is 2.95. The fraction of sp³-hybridized carbons (Fsp3) is 0.286. The summed E-state index contributed by atoms with van der Waals surface area (Å²) < 4.78 is 0. The van der Waals surface area contributed by atoms with Crippen molar-refractivity contribution in [1.82, 2.24) is 0 Å². The first-order valence-corrected chi connectivity index (χ1v) is 6.23. The Bertz CT molecular complexity index is 584. The average Bonchev–Trinajstić information content (AvgIpc) is 2.43. The summed E-state index contributed by atoms with van der Waals surface area (Å²) in [4.78, 5) is 10.3. The van der Waals surface area contributed by atoms with Gasteiger partial charge in [0.25, 0.3) is 5.69 Å². The van der Waals surface area contributed by atoms with Crippen LogP contribution in [-0.2, 0) is 0 Å². The summed E-state index contributed by atoms with van der Waals surface area (Å²) in [5.74, 6) is 0. The minimum Gasteiger partial charge on any atom is -0.396 e. The molecule has 2 aromatic rings. The van der Waals surface area contributed by atoms with E-state index in [-0.39, 0.29) is 17.2 Å². The summed E-state index contributed by atoms with van der Waals surface area (Å²) in [6.45, 7) is 1.02. The first-order chi connectivity index (χ1) is 9.20. The van der Waals surface area contributed by atoms with Gasteiger partial charge in [-0.25, -0.2) is 0 Å². The summed E-state index contributed by atoms with van der Waals surface area (Å²) in [5, 5.41) is 24.5. The summed E-state index contributed by atoms with van der Waals surface area (Å²) in [5.41, 5.74) is 1.09. The number of nitro benzene ring substituents is 1. The van der Waals surface area contributed by atoms with E-state index < -0.39 is 0 Å². The molecule has 0 aliphatic carbocycles. The van der Waals surface area contributed by atoms with Gasteiger partial charge in [-0.2, -0.15) is 0 Å². The molecule has 2 rings (SSSR count). The third kappa shape index (κ3) is 3.42. The number of benzene rings is 2. The molecule has 100 valence electrons. The molecule has 0 heterocycles. The van der Waals surface area contributed by atoms with E-state index in [0.29, 0.717) is 0 Å². The number of aliphatic hydroxyl groups excluding tert-OH is 1. The van der Waals surface area contributed by atoms with E-state index in [0.717, 1.165) is 35.8 Å². The SMILES string of the molecule is O=[N+]([O-])c1ccc2cc(NCCCCO)ccc2c1. The average molecular weight is 260 g/mol. The number of rotatable bonds is 6. The van der Waals surface area contributed by atoms with Crippen molar-refractivity contribution in [3.63, 3.8) is 0 Å². The zero-order valence-corrected chi connectivity index (χ0v) is 10.5. The third-order valence-corrected chi connectivity index (χ3v) is 2.95. The van der Waals surface area contributed by atoms with E-state index in [1.165, 1.54) is 6.07 Å². The van der Waals surface area contributed by atoms with Crippen molar-refractivity contribution in [3.05, 3.63) is 46.5 Å². The summed E-state index contributed by atoms with van der Waals surface area (Å²) in [7, 11) is 0. The van der Waals surface area contributed by atoms with Crippen LogP contribution < -0.4 is 5.32 Å². The summed E-state index contributed by atoms with van der Waals surface area (Å²) >= 11 is 0. The molecule has 0 unspecified atom stereocenters. The Hall–Kier alpha value is -2.14. The van der Waals surface area contributed by atoms with Crippen LogP contribution in [0.5, 0.6) is 0 Å². The summed E-state index contributed by atoms with van der Waals surface area (Å²) in [6.07, 6.45) is 1.70. The minimum atomic E-state index is -0.388. The van der Waals surface area contributed by atoms with Gasteiger partial charge in [0.1, 0.15) is 0 Å².